The molecule has 0 radical (unpaired) electrons. The van der Waals surface area contributed by atoms with Gasteiger partial charge in [0, 0.05) is 17.7 Å². The maximum Gasteiger partial charge on any atom is 0.251 e. The van der Waals surface area contributed by atoms with Gasteiger partial charge in [-0.15, -0.1) is 5.10 Å². The van der Waals surface area contributed by atoms with Crippen molar-refractivity contribution in [2.75, 3.05) is 5.73 Å². The molecule has 0 aliphatic heterocycles. The Kier molecular flexibility index (Phi) is 6.11. The highest BCUT2D eigenvalue weighted by molar-refractivity contribution is 5.95. The summed E-state index contributed by atoms with van der Waals surface area (Å²) in [6.45, 7) is 0.441. The first-order valence-corrected chi connectivity index (χ1v) is 8.70. The number of rotatable bonds is 6. The third kappa shape index (κ3) is 5.36. The average Bonchev–Trinajstić information content (AvgIpc) is 2.74. The van der Waals surface area contributed by atoms with E-state index in [9.17, 15) is 4.79 Å². The van der Waals surface area contributed by atoms with Crippen LogP contribution in [0.2, 0.25) is 0 Å². The van der Waals surface area contributed by atoms with Gasteiger partial charge in [0.05, 0.1) is 18.1 Å². The maximum atomic E-state index is 12.5. The number of nitrogens with two attached hydrogens (primary N) is 3. The van der Waals surface area contributed by atoms with Gasteiger partial charge in [-0.05, 0) is 17.7 Å². The SMILES string of the molecule is NC(N)=N/N=C/c1nc(-c2cccc(C(=O)NCc3ccccc3)c2)cnc1N. The smallest absolute Gasteiger partial charge is 0.251 e. The number of anilines is 1. The van der Waals surface area contributed by atoms with Gasteiger partial charge in [-0.3, -0.25) is 4.79 Å². The van der Waals surface area contributed by atoms with Gasteiger partial charge < -0.3 is 22.5 Å². The number of benzene rings is 2. The maximum absolute atomic E-state index is 12.5. The minimum atomic E-state index is -0.186. The predicted molar refractivity (Wildman–Crippen MR) is 113 cm³/mol. The van der Waals surface area contributed by atoms with Crippen molar-refractivity contribution in [3.05, 3.63) is 77.6 Å². The quantitative estimate of drug-likeness (QED) is 0.283. The van der Waals surface area contributed by atoms with Crippen LogP contribution in [0.1, 0.15) is 21.6 Å². The molecule has 0 aliphatic carbocycles. The summed E-state index contributed by atoms with van der Waals surface area (Å²) >= 11 is 0. The summed E-state index contributed by atoms with van der Waals surface area (Å²) in [5.41, 5.74) is 19.4. The predicted octanol–water partition coefficient (Wildman–Crippen LogP) is 1.26. The second-order valence-electron chi connectivity index (χ2n) is 6.04. The fourth-order valence-corrected chi connectivity index (χ4v) is 2.50. The number of aromatic nitrogens is 2. The van der Waals surface area contributed by atoms with E-state index in [1.54, 1.807) is 18.2 Å². The van der Waals surface area contributed by atoms with Crippen molar-refractivity contribution < 1.29 is 4.79 Å². The Morgan fingerprint density at radius 2 is 1.90 bits per heavy atom. The van der Waals surface area contributed by atoms with Gasteiger partial charge in [0.1, 0.15) is 5.69 Å². The largest absolute Gasteiger partial charge is 0.382 e. The Bertz CT molecular complexity index is 1060. The van der Waals surface area contributed by atoms with E-state index in [1.165, 1.54) is 12.4 Å². The molecule has 29 heavy (non-hydrogen) atoms. The topological polar surface area (TPSA) is 158 Å². The molecule has 0 spiro atoms. The summed E-state index contributed by atoms with van der Waals surface area (Å²) in [6, 6.07) is 16.7. The Morgan fingerprint density at radius 1 is 1.10 bits per heavy atom. The molecule has 2 aromatic carbocycles. The van der Waals surface area contributed by atoms with Crippen molar-refractivity contribution in [3.63, 3.8) is 0 Å². The third-order valence-corrected chi connectivity index (χ3v) is 3.90. The molecule has 146 valence electrons. The van der Waals surface area contributed by atoms with Gasteiger partial charge in [0.2, 0.25) is 5.96 Å². The number of guanidine groups is 1. The fourth-order valence-electron chi connectivity index (χ4n) is 2.50. The van der Waals surface area contributed by atoms with Crippen molar-refractivity contribution in [1.29, 1.82) is 0 Å². The van der Waals surface area contributed by atoms with Crippen molar-refractivity contribution in [2.24, 2.45) is 21.7 Å². The first-order chi connectivity index (χ1) is 14.0. The van der Waals surface area contributed by atoms with E-state index < -0.39 is 0 Å². The van der Waals surface area contributed by atoms with E-state index in [4.69, 9.17) is 17.2 Å². The van der Waals surface area contributed by atoms with Gasteiger partial charge >= 0.3 is 0 Å². The van der Waals surface area contributed by atoms with Gasteiger partial charge in [0.15, 0.2) is 5.82 Å². The summed E-state index contributed by atoms with van der Waals surface area (Å²) in [5, 5.41) is 10.1. The van der Waals surface area contributed by atoms with Crippen molar-refractivity contribution in [1.82, 2.24) is 15.3 Å². The van der Waals surface area contributed by atoms with Crippen molar-refractivity contribution in [2.45, 2.75) is 6.54 Å². The first-order valence-electron chi connectivity index (χ1n) is 8.70. The lowest BCUT2D eigenvalue weighted by molar-refractivity contribution is 0.0951. The normalized spacial score (nSPS) is 10.6. The standard InChI is InChI=1S/C20H20N8O/c21-18-17(12-26-28-20(22)23)27-16(11-24-18)14-7-4-8-15(9-14)19(29)25-10-13-5-2-1-3-6-13/h1-9,11-12H,10H2,(H2,21,24)(H,25,29)(H4,22,23,28)/b26-12+. The Hall–Kier alpha value is -4.27. The highest BCUT2D eigenvalue weighted by atomic mass is 16.1. The van der Waals surface area contributed by atoms with Crippen LogP contribution in [0.15, 0.2) is 71.0 Å². The number of hydrogen-bond donors (Lipinski definition) is 4. The molecule has 0 atom stereocenters. The summed E-state index contributed by atoms with van der Waals surface area (Å²) in [5.74, 6) is -0.188. The second kappa shape index (κ2) is 9.09. The molecule has 0 aliphatic rings. The zero-order valence-electron chi connectivity index (χ0n) is 15.5. The van der Waals surface area contributed by atoms with Crippen LogP contribution < -0.4 is 22.5 Å². The van der Waals surface area contributed by atoms with Gasteiger partial charge in [-0.1, -0.05) is 42.5 Å². The Balaban J connectivity index is 1.79. The number of carbonyl (C=O) groups is 1. The van der Waals surface area contributed by atoms with E-state index in [2.05, 4.69) is 25.5 Å². The molecule has 9 nitrogen and oxygen atoms in total. The molecule has 0 saturated carbocycles. The summed E-state index contributed by atoms with van der Waals surface area (Å²) < 4.78 is 0. The summed E-state index contributed by atoms with van der Waals surface area (Å²) in [4.78, 5) is 21.0. The van der Waals surface area contributed by atoms with E-state index in [-0.39, 0.29) is 17.7 Å². The van der Waals surface area contributed by atoms with Crippen LogP contribution in [0.25, 0.3) is 11.3 Å². The number of nitrogens with zero attached hydrogens (tertiary/aromatic N) is 4. The first kappa shape index (κ1) is 19.5. The van der Waals surface area contributed by atoms with Gasteiger partial charge in [0.25, 0.3) is 5.91 Å². The third-order valence-electron chi connectivity index (χ3n) is 3.90. The monoisotopic (exact) mass is 388 g/mol. The van der Waals surface area contributed by atoms with Crippen molar-refractivity contribution >= 4 is 23.9 Å². The molecule has 9 heteroatoms. The number of hydrogen-bond acceptors (Lipinski definition) is 6. The zero-order chi connectivity index (χ0) is 20.6. The molecule has 0 bridgehead atoms. The van der Waals surface area contributed by atoms with E-state index >= 15 is 0 Å². The molecule has 3 rings (SSSR count). The zero-order valence-corrected chi connectivity index (χ0v) is 15.5. The fraction of sp³-hybridized carbons (Fsp3) is 0.0500. The molecule has 1 heterocycles. The molecule has 3 aromatic rings. The van der Waals surface area contributed by atoms with Crippen LogP contribution in [0.5, 0.6) is 0 Å². The number of carbonyl (C=O) groups excluding carboxylic acids is 1. The molecule has 0 fully saturated rings. The second-order valence-corrected chi connectivity index (χ2v) is 6.04. The summed E-state index contributed by atoms with van der Waals surface area (Å²) in [7, 11) is 0. The summed E-state index contributed by atoms with van der Waals surface area (Å²) in [6.07, 6.45) is 2.83. The number of nitrogens with one attached hydrogen (secondary N) is 1. The highest BCUT2D eigenvalue weighted by Crippen LogP contribution is 2.19. The van der Waals surface area contributed by atoms with E-state index in [0.717, 1.165) is 5.56 Å². The Morgan fingerprint density at radius 3 is 2.66 bits per heavy atom. The number of amides is 1. The number of nitrogen functional groups attached to an aromatic ring is 1. The molecule has 0 saturated heterocycles. The lowest BCUT2D eigenvalue weighted by Crippen LogP contribution is -2.22. The molecule has 1 amide bonds. The van der Waals surface area contributed by atoms with E-state index in [1.807, 2.05) is 36.4 Å². The van der Waals surface area contributed by atoms with Crippen LogP contribution >= 0.6 is 0 Å². The molecule has 7 N–H and O–H groups in total. The molecular weight excluding hydrogens is 368 g/mol. The van der Waals surface area contributed by atoms with Crippen LogP contribution in [0.3, 0.4) is 0 Å². The van der Waals surface area contributed by atoms with Crippen molar-refractivity contribution in [3.8, 4) is 11.3 Å². The van der Waals surface area contributed by atoms with Gasteiger partial charge in [-0.2, -0.15) is 5.10 Å². The molecule has 1 aromatic heterocycles. The molecular formula is C20H20N8O. The lowest BCUT2D eigenvalue weighted by Gasteiger charge is -2.08. The minimum absolute atomic E-state index is 0.181. The van der Waals surface area contributed by atoms with Crippen LogP contribution in [-0.4, -0.2) is 28.0 Å². The van der Waals surface area contributed by atoms with Gasteiger partial charge in [-0.25, -0.2) is 9.97 Å². The average molecular weight is 388 g/mol. The van der Waals surface area contributed by atoms with E-state index in [0.29, 0.717) is 29.1 Å². The minimum Gasteiger partial charge on any atom is -0.382 e. The highest BCUT2D eigenvalue weighted by Gasteiger charge is 2.10. The van der Waals surface area contributed by atoms with Crippen LogP contribution in [-0.2, 0) is 6.54 Å². The lowest BCUT2D eigenvalue weighted by atomic mass is 10.1. The Labute approximate surface area is 167 Å². The van der Waals surface area contributed by atoms with Crippen LogP contribution in [0, 0.1) is 0 Å². The molecule has 0 unspecified atom stereocenters. The van der Waals surface area contributed by atoms with Crippen LogP contribution in [0.4, 0.5) is 5.82 Å².